The molecule has 0 aromatic heterocycles. The molecule has 10 heavy (non-hydrogen) atoms. The van der Waals surface area contributed by atoms with Crippen LogP contribution in [0.25, 0.3) is 0 Å². The first-order valence-corrected chi connectivity index (χ1v) is 2.36. The lowest BCUT2D eigenvalue weighted by Crippen LogP contribution is -2.37. The van der Waals surface area contributed by atoms with Crippen LogP contribution >= 0.6 is 12.4 Å². The molecule has 0 spiro atoms. The molecule has 2 N–H and O–H groups in total. The van der Waals surface area contributed by atoms with E-state index in [4.69, 9.17) is 0 Å². The molecule has 6 heteroatoms. The Kier molecular flexibility index (Phi) is 5.98. The zero-order valence-corrected chi connectivity index (χ0v) is 5.81. The summed E-state index contributed by atoms with van der Waals surface area (Å²) in [6.07, 6.45) is -5.10. The standard InChI is InChI=1S/C4H7F4N.ClH/c5-2-1-3(9)4(6,7)8;/h3H,1-2,9H2;1H/t3-;/m0./s1. The Labute approximate surface area is 62.0 Å². The fourth-order valence-corrected chi connectivity index (χ4v) is 0.281. The molecule has 0 saturated carbocycles. The minimum atomic E-state index is -4.45. The maximum absolute atomic E-state index is 11.3. The van der Waals surface area contributed by atoms with Crippen molar-refractivity contribution in [3.63, 3.8) is 0 Å². The zero-order chi connectivity index (χ0) is 7.49. The van der Waals surface area contributed by atoms with Crippen LogP contribution in [0.5, 0.6) is 0 Å². The largest absolute Gasteiger partial charge is 0.403 e. The van der Waals surface area contributed by atoms with Gasteiger partial charge in [-0.3, -0.25) is 4.39 Å². The molecule has 0 aromatic rings. The van der Waals surface area contributed by atoms with Crippen molar-refractivity contribution in [1.82, 2.24) is 0 Å². The molecule has 0 aliphatic carbocycles. The summed E-state index contributed by atoms with van der Waals surface area (Å²) in [5, 5.41) is 0. The third kappa shape index (κ3) is 4.81. The Balaban J connectivity index is 0. The Hall–Kier alpha value is -0.0300. The summed E-state index contributed by atoms with van der Waals surface area (Å²) in [7, 11) is 0. The van der Waals surface area contributed by atoms with Crippen LogP contribution in [-0.2, 0) is 0 Å². The smallest absolute Gasteiger partial charge is 0.320 e. The first-order chi connectivity index (χ1) is 3.98. The van der Waals surface area contributed by atoms with Gasteiger partial charge in [0.1, 0.15) is 6.04 Å². The first kappa shape index (κ1) is 12.6. The Morgan fingerprint density at radius 2 is 1.70 bits per heavy atom. The Morgan fingerprint density at radius 1 is 1.30 bits per heavy atom. The van der Waals surface area contributed by atoms with Crippen LogP contribution < -0.4 is 5.73 Å². The summed E-state index contributed by atoms with van der Waals surface area (Å²) in [5.74, 6) is 0. The van der Waals surface area contributed by atoms with Gasteiger partial charge in [-0.25, -0.2) is 0 Å². The highest BCUT2D eigenvalue weighted by Gasteiger charge is 2.35. The number of hydrogen-bond donors (Lipinski definition) is 1. The SMILES string of the molecule is Cl.N[C@@H](CCF)C(F)(F)F. The molecule has 0 fully saturated rings. The van der Waals surface area contributed by atoms with E-state index in [1.165, 1.54) is 0 Å². The van der Waals surface area contributed by atoms with Crippen molar-refractivity contribution in [3.8, 4) is 0 Å². The predicted molar refractivity (Wildman–Crippen MR) is 31.9 cm³/mol. The van der Waals surface area contributed by atoms with Gasteiger partial charge in [-0.15, -0.1) is 12.4 Å². The predicted octanol–water partition coefficient (Wildman–Crippen LogP) is 1.66. The minimum Gasteiger partial charge on any atom is -0.320 e. The quantitative estimate of drug-likeness (QED) is 0.645. The third-order valence-electron chi connectivity index (χ3n) is 0.841. The molecule has 0 aliphatic rings. The molecule has 0 aliphatic heterocycles. The molecular weight excluding hydrogens is 173 g/mol. The van der Waals surface area contributed by atoms with Gasteiger partial charge in [-0.1, -0.05) is 0 Å². The molecule has 0 aromatic carbocycles. The van der Waals surface area contributed by atoms with Gasteiger partial charge in [0.2, 0.25) is 0 Å². The maximum Gasteiger partial charge on any atom is 0.403 e. The lowest BCUT2D eigenvalue weighted by Gasteiger charge is -2.12. The van der Waals surface area contributed by atoms with E-state index in [0.29, 0.717) is 0 Å². The molecule has 1 nitrogen and oxygen atoms in total. The second kappa shape index (κ2) is 4.73. The topological polar surface area (TPSA) is 26.0 Å². The van der Waals surface area contributed by atoms with Crippen molar-refractivity contribution in [2.75, 3.05) is 6.67 Å². The van der Waals surface area contributed by atoms with Crippen LogP contribution in [0.15, 0.2) is 0 Å². The van der Waals surface area contributed by atoms with E-state index < -0.39 is 25.3 Å². The van der Waals surface area contributed by atoms with Gasteiger partial charge in [-0.05, 0) is 6.42 Å². The van der Waals surface area contributed by atoms with Crippen molar-refractivity contribution in [2.45, 2.75) is 18.6 Å². The highest BCUT2D eigenvalue weighted by molar-refractivity contribution is 5.85. The van der Waals surface area contributed by atoms with Crippen molar-refractivity contribution in [3.05, 3.63) is 0 Å². The lowest BCUT2D eigenvalue weighted by atomic mass is 10.2. The van der Waals surface area contributed by atoms with Gasteiger partial charge in [-0.2, -0.15) is 13.2 Å². The average molecular weight is 182 g/mol. The van der Waals surface area contributed by atoms with Crippen LogP contribution in [0.4, 0.5) is 17.6 Å². The molecule has 0 radical (unpaired) electrons. The van der Waals surface area contributed by atoms with Crippen molar-refractivity contribution in [2.24, 2.45) is 5.73 Å². The van der Waals surface area contributed by atoms with Gasteiger partial charge < -0.3 is 5.73 Å². The highest BCUT2D eigenvalue weighted by Crippen LogP contribution is 2.20. The zero-order valence-electron chi connectivity index (χ0n) is 4.99. The number of nitrogens with two attached hydrogens (primary N) is 1. The molecule has 64 valence electrons. The van der Waals surface area contributed by atoms with Gasteiger partial charge >= 0.3 is 6.18 Å². The van der Waals surface area contributed by atoms with E-state index in [0.717, 1.165) is 0 Å². The number of halogens is 5. The summed E-state index contributed by atoms with van der Waals surface area (Å²) in [6.45, 7) is -1.03. The number of rotatable bonds is 2. The van der Waals surface area contributed by atoms with E-state index in [1.54, 1.807) is 0 Å². The summed E-state index contributed by atoms with van der Waals surface area (Å²) < 4.78 is 45.2. The second-order valence-electron chi connectivity index (χ2n) is 1.63. The maximum atomic E-state index is 11.3. The van der Waals surface area contributed by atoms with Crippen LogP contribution in [0.3, 0.4) is 0 Å². The van der Waals surface area contributed by atoms with Gasteiger partial charge in [0.15, 0.2) is 0 Å². The minimum absolute atomic E-state index is 0. The monoisotopic (exact) mass is 181 g/mol. The molecule has 1 atom stereocenters. The second-order valence-corrected chi connectivity index (χ2v) is 1.63. The van der Waals surface area contributed by atoms with Gasteiger partial charge in [0.05, 0.1) is 6.67 Å². The summed E-state index contributed by atoms with van der Waals surface area (Å²) >= 11 is 0. The number of alkyl halides is 4. The van der Waals surface area contributed by atoms with Gasteiger partial charge in [0, 0.05) is 0 Å². The van der Waals surface area contributed by atoms with Crippen LogP contribution in [0.2, 0.25) is 0 Å². The molecule has 0 heterocycles. The molecule has 0 rings (SSSR count). The third-order valence-corrected chi connectivity index (χ3v) is 0.841. The molecule has 0 bridgehead atoms. The van der Waals surface area contributed by atoms with Crippen molar-refractivity contribution >= 4 is 12.4 Å². The van der Waals surface area contributed by atoms with E-state index in [1.807, 2.05) is 0 Å². The van der Waals surface area contributed by atoms with Crippen molar-refractivity contribution < 1.29 is 17.6 Å². The van der Waals surface area contributed by atoms with Gasteiger partial charge in [0.25, 0.3) is 0 Å². The highest BCUT2D eigenvalue weighted by atomic mass is 35.5. The van der Waals surface area contributed by atoms with E-state index in [9.17, 15) is 17.6 Å². The van der Waals surface area contributed by atoms with Crippen molar-refractivity contribution in [1.29, 1.82) is 0 Å². The normalized spacial score (nSPS) is 14.1. The summed E-state index contributed by atoms with van der Waals surface area (Å²) in [4.78, 5) is 0. The molecule has 0 amide bonds. The van der Waals surface area contributed by atoms with Crippen LogP contribution in [-0.4, -0.2) is 18.9 Å². The van der Waals surface area contributed by atoms with E-state index in [2.05, 4.69) is 5.73 Å². The van der Waals surface area contributed by atoms with E-state index in [-0.39, 0.29) is 12.4 Å². The lowest BCUT2D eigenvalue weighted by molar-refractivity contribution is -0.149. The Morgan fingerprint density at radius 3 is 1.80 bits per heavy atom. The summed E-state index contributed by atoms with van der Waals surface area (Å²) in [6, 6.07) is -2.01. The first-order valence-electron chi connectivity index (χ1n) is 2.36. The Bertz CT molecular complexity index is 83.8. The molecule has 0 saturated heterocycles. The molecule has 0 unspecified atom stereocenters. The number of hydrogen-bond acceptors (Lipinski definition) is 1. The van der Waals surface area contributed by atoms with Crippen LogP contribution in [0, 0.1) is 0 Å². The fourth-order valence-electron chi connectivity index (χ4n) is 0.281. The van der Waals surface area contributed by atoms with E-state index >= 15 is 0 Å². The fraction of sp³-hybridized carbons (Fsp3) is 1.00. The molecular formula is C4H8ClF4N. The van der Waals surface area contributed by atoms with Crippen LogP contribution in [0.1, 0.15) is 6.42 Å². The summed E-state index contributed by atoms with van der Waals surface area (Å²) in [5.41, 5.74) is 4.50. The average Bonchev–Trinajstić information content (AvgIpc) is 1.64.